The van der Waals surface area contributed by atoms with Crippen LogP contribution in [0.5, 0.6) is 5.75 Å². The summed E-state index contributed by atoms with van der Waals surface area (Å²) in [6.07, 6.45) is 0.658. The van der Waals surface area contributed by atoms with Gasteiger partial charge in [-0.15, -0.1) is 11.3 Å². The van der Waals surface area contributed by atoms with Crippen LogP contribution in [0.15, 0.2) is 40.2 Å². The van der Waals surface area contributed by atoms with Crippen molar-refractivity contribution < 1.29 is 9.26 Å². The van der Waals surface area contributed by atoms with Crippen molar-refractivity contribution in [3.8, 4) is 17.2 Å². The number of hydrogen-bond acceptors (Lipinski definition) is 6. The fraction of sp³-hybridized carbons (Fsp3) is 0.143. The highest BCUT2D eigenvalue weighted by Crippen LogP contribution is 2.28. The van der Waals surface area contributed by atoms with Gasteiger partial charge < -0.3 is 15.0 Å². The number of benzene rings is 1. The number of nitrogen functional groups attached to an aromatic ring is 1. The molecule has 0 fully saturated rings. The topological polar surface area (TPSA) is 74.2 Å². The van der Waals surface area contributed by atoms with Gasteiger partial charge in [-0.2, -0.15) is 4.98 Å². The molecule has 20 heavy (non-hydrogen) atoms. The molecule has 0 spiro atoms. The van der Waals surface area contributed by atoms with Crippen molar-refractivity contribution in [3.63, 3.8) is 0 Å². The Bertz CT molecular complexity index is 707. The number of aromatic nitrogens is 2. The van der Waals surface area contributed by atoms with E-state index >= 15 is 0 Å². The Hall–Kier alpha value is -2.34. The van der Waals surface area contributed by atoms with Gasteiger partial charge in [0.15, 0.2) is 5.82 Å². The molecule has 0 aliphatic rings. The van der Waals surface area contributed by atoms with Crippen LogP contribution in [0.3, 0.4) is 0 Å². The molecule has 2 N–H and O–H groups in total. The number of ether oxygens (including phenoxy) is 1. The van der Waals surface area contributed by atoms with Gasteiger partial charge >= 0.3 is 0 Å². The Morgan fingerprint density at radius 1 is 1.35 bits per heavy atom. The minimum Gasteiger partial charge on any atom is -0.497 e. The number of nitrogens with two attached hydrogens (primary N) is 1. The van der Waals surface area contributed by atoms with E-state index in [9.17, 15) is 0 Å². The second-order valence-electron chi connectivity index (χ2n) is 4.23. The molecule has 0 unspecified atom stereocenters. The molecular formula is C14H13N3O2S. The summed E-state index contributed by atoms with van der Waals surface area (Å²) in [5.41, 5.74) is 7.21. The summed E-state index contributed by atoms with van der Waals surface area (Å²) in [4.78, 5) is 5.58. The summed E-state index contributed by atoms with van der Waals surface area (Å²) in [6, 6.07) is 9.39. The molecule has 0 amide bonds. The van der Waals surface area contributed by atoms with Crippen LogP contribution in [0.2, 0.25) is 0 Å². The monoisotopic (exact) mass is 287 g/mol. The molecule has 0 aliphatic carbocycles. The Morgan fingerprint density at radius 2 is 2.25 bits per heavy atom. The van der Waals surface area contributed by atoms with Crippen LogP contribution >= 0.6 is 11.3 Å². The zero-order chi connectivity index (χ0) is 13.9. The largest absolute Gasteiger partial charge is 0.497 e. The van der Waals surface area contributed by atoms with Gasteiger partial charge in [0.05, 0.1) is 12.7 Å². The van der Waals surface area contributed by atoms with Crippen molar-refractivity contribution in [2.24, 2.45) is 0 Å². The lowest BCUT2D eigenvalue weighted by Gasteiger charge is -2.03. The van der Waals surface area contributed by atoms with Crippen molar-refractivity contribution in [1.82, 2.24) is 10.1 Å². The van der Waals surface area contributed by atoms with Gasteiger partial charge in [-0.25, -0.2) is 0 Å². The zero-order valence-electron chi connectivity index (χ0n) is 10.9. The van der Waals surface area contributed by atoms with Gasteiger partial charge in [0, 0.05) is 17.0 Å². The van der Waals surface area contributed by atoms with Gasteiger partial charge in [0.2, 0.25) is 0 Å². The van der Waals surface area contributed by atoms with Crippen LogP contribution in [0.25, 0.3) is 11.5 Å². The van der Waals surface area contributed by atoms with Gasteiger partial charge in [0.25, 0.3) is 5.89 Å². The summed E-state index contributed by atoms with van der Waals surface area (Å²) in [5, 5.41) is 6.01. The van der Waals surface area contributed by atoms with Gasteiger partial charge in [-0.1, -0.05) is 11.2 Å². The standard InChI is InChI=1S/C14H13N3O2S/c1-18-9-4-5-12(15)11(7-9)14-16-13(17-19-14)8-10-3-2-6-20-10/h2-7H,8,15H2,1H3. The highest BCUT2D eigenvalue weighted by molar-refractivity contribution is 7.09. The normalized spacial score (nSPS) is 10.7. The number of nitrogens with zero attached hydrogens (tertiary/aromatic N) is 2. The second kappa shape index (κ2) is 5.34. The van der Waals surface area contributed by atoms with E-state index in [2.05, 4.69) is 10.1 Å². The van der Waals surface area contributed by atoms with Crippen LogP contribution in [-0.4, -0.2) is 17.3 Å². The highest BCUT2D eigenvalue weighted by atomic mass is 32.1. The Morgan fingerprint density at radius 3 is 3.00 bits per heavy atom. The first-order valence-corrected chi connectivity index (χ1v) is 6.93. The maximum Gasteiger partial charge on any atom is 0.260 e. The predicted molar refractivity (Wildman–Crippen MR) is 77.8 cm³/mol. The van der Waals surface area contributed by atoms with Gasteiger partial charge in [0.1, 0.15) is 5.75 Å². The fourth-order valence-corrected chi connectivity index (χ4v) is 2.55. The van der Waals surface area contributed by atoms with Crippen LogP contribution < -0.4 is 10.5 Å². The first-order valence-electron chi connectivity index (χ1n) is 6.05. The third-order valence-electron chi connectivity index (χ3n) is 2.87. The lowest BCUT2D eigenvalue weighted by atomic mass is 10.1. The summed E-state index contributed by atoms with van der Waals surface area (Å²) < 4.78 is 10.5. The summed E-state index contributed by atoms with van der Waals surface area (Å²) in [6.45, 7) is 0. The van der Waals surface area contributed by atoms with Crippen LogP contribution in [-0.2, 0) is 6.42 Å². The minimum absolute atomic E-state index is 0.410. The number of thiophene rings is 1. The molecule has 5 nitrogen and oxygen atoms in total. The zero-order valence-corrected chi connectivity index (χ0v) is 11.7. The molecule has 0 radical (unpaired) electrons. The van der Waals surface area contributed by atoms with Gasteiger partial charge in [-0.05, 0) is 29.6 Å². The lowest BCUT2D eigenvalue weighted by Crippen LogP contribution is -1.92. The van der Waals surface area contributed by atoms with Crippen LogP contribution in [0.4, 0.5) is 5.69 Å². The molecule has 102 valence electrons. The molecule has 3 rings (SSSR count). The molecule has 0 aliphatic heterocycles. The number of methoxy groups -OCH3 is 1. The van der Waals surface area contributed by atoms with E-state index in [1.54, 1.807) is 36.6 Å². The quantitative estimate of drug-likeness (QED) is 0.747. The Labute approximate surface area is 120 Å². The molecule has 0 saturated carbocycles. The van der Waals surface area contributed by atoms with Crippen molar-refractivity contribution in [2.45, 2.75) is 6.42 Å². The van der Waals surface area contributed by atoms with Gasteiger partial charge in [-0.3, -0.25) is 0 Å². The van der Waals surface area contributed by atoms with E-state index < -0.39 is 0 Å². The summed E-state index contributed by atoms with van der Waals surface area (Å²) >= 11 is 1.67. The van der Waals surface area contributed by atoms with E-state index in [1.807, 2.05) is 17.5 Å². The number of rotatable bonds is 4. The number of anilines is 1. The molecular weight excluding hydrogens is 274 g/mol. The molecule has 6 heteroatoms. The van der Waals surface area contributed by atoms with E-state index in [0.717, 1.165) is 0 Å². The molecule has 3 aromatic rings. The van der Waals surface area contributed by atoms with E-state index in [-0.39, 0.29) is 0 Å². The van der Waals surface area contributed by atoms with Crippen molar-refractivity contribution in [2.75, 3.05) is 12.8 Å². The molecule has 0 saturated heterocycles. The van der Waals surface area contributed by atoms with Crippen LogP contribution in [0.1, 0.15) is 10.7 Å². The average Bonchev–Trinajstić information content (AvgIpc) is 3.12. The lowest BCUT2D eigenvalue weighted by molar-refractivity contribution is 0.412. The third kappa shape index (κ3) is 2.50. The van der Waals surface area contributed by atoms with E-state index in [4.69, 9.17) is 15.0 Å². The van der Waals surface area contributed by atoms with E-state index in [1.165, 1.54) is 4.88 Å². The first-order chi connectivity index (χ1) is 9.76. The highest BCUT2D eigenvalue weighted by Gasteiger charge is 2.13. The van der Waals surface area contributed by atoms with Crippen LogP contribution in [0, 0.1) is 0 Å². The summed E-state index contributed by atoms with van der Waals surface area (Å²) in [5.74, 6) is 1.75. The Balaban J connectivity index is 1.89. The predicted octanol–water partition coefficient (Wildman–Crippen LogP) is 2.98. The second-order valence-corrected chi connectivity index (χ2v) is 5.26. The third-order valence-corrected chi connectivity index (χ3v) is 3.75. The summed E-state index contributed by atoms with van der Waals surface area (Å²) in [7, 11) is 1.60. The molecule has 2 heterocycles. The molecule has 0 bridgehead atoms. The SMILES string of the molecule is COc1ccc(N)c(-c2nc(Cc3cccs3)no2)c1. The smallest absolute Gasteiger partial charge is 0.260 e. The molecule has 1 aromatic carbocycles. The average molecular weight is 287 g/mol. The Kier molecular flexibility index (Phi) is 3.39. The van der Waals surface area contributed by atoms with Crippen molar-refractivity contribution in [3.05, 3.63) is 46.4 Å². The molecule has 2 aromatic heterocycles. The maximum absolute atomic E-state index is 5.94. The fourth-order valence-electron chi connectivity index (χ4n) is 1.85. The maximum atomic E-state index is 5.94. The van der Waals surface area contributed by atoms with Crippen molar-refractivity contribution >= 4 is 17.0 Å². The minimum atomic E-state index is 0.410. The first kappa shape index (κ1) is 12.7. The molecule has 0 atom stereocenters. The number of hydrogen-bond donors (Lipinski definition) is 1. The van der Waals surface area contributed by atoms with Crippen molar-refractivity contribution in [1.29, 1.82) is 0 Å². The van der Waals surface area contributed by atoms with E-state index in [0.29, 0.717) is 35.1 Å².